The molecular formula is C25H26F3N9O. The Morgan fingerprint density at radius 2 is 1.42 bits per heavy atom. The number of halogens is 3. The predicted molar refractivity (Wildman–Crippen MR) is 138 cm³/mol. The molecule has 0 atom stereocenters. The highest BCUT2D eigenvalue weighted by Gasteiger charge is 2.30. The summed E-state index contributed by atoms with van der Waals surface area (Å²) in [6.07, 6.45) is 1.27. The van der Waals surface area contributed by atoms with Crippen LogP contribution >= 0.6 is 0 Å². The topological polar surface area (TPSA) is 114 Å². The van der Waals surface area contributed by atoms with Crippen LogP contribution in [0.4, 0.5) is 42.4 Å². The maximum atomic E-state index is 12.9. The molecule has 0 spiro atoms. The van der Waals surface area contributed by atoms with Gasteiger partial charge in [0.25, 0.3) is 0 Å². The summed E-state index contributed by atoms with van der Waals surface area (Å²) < 4.78 is 38.8. The second kappa shape index (κ2) is 11.0. The van der Waals surface area contributed by atoms with Gasteiger partial charge >= 0.3 is 6.18 Å². The maximum absolute atomic E-state index is 12.9. The fourth-order valence-electron chi connectivity index (χ4n) is 4.25. The van der Waals surface area contributed by atoms with Crippen molar-refractivity contribution in [1.82, 2.24) is 15.0 Å². The van der Waals surface area contributed by atoms with Crippen LogP contribution in [0.3, 0.4) is 0 Å². The molecule has 2 aromatic carbocycles. The molecule has 2 fully saturated rings. The van der Waals surface area contributed by atoms with Crippen LogP contribution in [-0.2, 0) is 6.18 Å². The van der Waals surface area contributed by atoms with Crippen LogP contribution < -0.4 is 15.2 Å². The second-order valence-corrected chi connectivity index (χ2v) is 9.01. The van der Waals surface area contributed by atoms with Crippen LogP contribution in [0.25, 0.3) is 0 Å². The molecule has 0 radical (unpaired) electrons. The molecule has 2 N–H and O–H groups in total. The molecule has 2 aliphatic heterocycles. The van der Waals surface area contributed by atoms with Gasteiger partial charge in [-0.25, -0.2) is 5.43 Å². The van der Waals surface area contributed by atoms with E-state index >= 15 is 0 Å². The van der Waals surface area contributed by atoms with Crippen LogP contribution in [0.2, 0.25) is 0 Å². The summed E-state index contributed by atoms with van der Waals surface area (Å²) in [5, 5.41) is 22.3. The third-order valence-corrected chi connectivity index (χ3v) is 6.22. The number of nitrogens with one attached hydrogen (secondary N) is 1. The van der Waals surface area contributed by atoms with E-state index < -0.39 is 11.7 Å². The zero-order valence-corrected chi connectivity index (χ0v) is 20.4. The fraction of sp³-hybridized carbons (Fsp3) is 0.360. The molecule has 13 heteroatoms. The number of nitrogens with zero attached hydrogens (tertiary/aromatic N) is 8. The number of phenols is 1. The van der Waals surface area contributed by atoms with E-state index in [1.165, 1.54) is 36.5 Å². The Bertz CT molecular complexity index is 1300. The van der Waals surface area contributed by atoms with E-state index in [2.05, 4.69) is 45.5 Å². The van der Waals surface area contributed by atoms with Crippen molar-refractivity contribution in [3.8, 4) is 5.75 Å². The summed E-state index contributed by atoms with van der Waals surface area (Å²) in [4.78, 5) is 18.0. The van der Waals surface area contributed by atoms with E-state index in [0.29, 0.717) is 29.1 Å². The van der Waals surface area contributed by atoms with Gasteiger partial charge in [-0.1, -0.05) is 6.07 Å². The molecule has 0 saturated carbocycles. The normalized spacial score (nSPS) is 16.3. The van der Waals surface area contributed by atoms with E-state index in [1.54, 1.807) is 0 Å². The maximum Gasteiger partial charge on any atom is 0.416 e. The first kappa shape index (κ1) is 25.4. The van der Waals surface area contributed by atoms with Crippen LogP contribution in [0.5, 0.6) is 5.75 Å². The molecule has 5 rings (SSSR count). The van der Waals surface area contributed by atoms with Gasteiger partial charge in [0.2, 0.25) is 17.8 Å². The van der Waals surface area contributed by atoms with Crippen LogP contribution in [0, 0.1) is 0 Å². The molecule has 38 heavy (non-hydrogen) atoms. The number of phenolic OH excluding ortho intramolecular Hbond substituents is 1. The minimum atomic E-state index is -4.47. The monoisotopic (exact) mass is 525 g/mol. The van der Waals surface area contributed by atoms with Crippen molar-refractivity contribution in [2.24, 2.45) is 15.3 Å². The zero-order chi connectivity index (χ0) is 26.5. The number of alkyl halides is 3. The molecule has 1 aromatic heterocycles. The van der Waals surface area contributed by atoms with Gasteiger partial charge in [0, 0.05) is 31.7 Å². The average Bonchev–Trinajstić information content (AvgIpc) is 3.64. The van der Waals surface area contributed by atoms with Crippen molar-refractivity contribution >= 4 is 35.4 Å². The first-order chi connectivity index (χ1) is 18.3. The minimum Gasteiger partial charge on any atom is -0.507 e. The Labute approximate surface area is 217 Å². The number of aromatic hydroxyl groups is 1. The van der Waals surface area contributed by atoms with Crippen LogP contribution in [0.15, 0.2) is 57.8 Å². The quantitative estimate of drug-likeness (QED) is 0.232. The van der Waals surface area contributed by atoms with Crippen molar-refractivity contribution in [2.75, 3.05) is 41.4 Å². The Morgan fingerprint density at radius 3 is 2.03 bits per heavy atom. The highest BCUT2D eigenvalue weighted by Crippen LogP contribution is 2.32. The van der Waals surface area contributed by atoms with Gasteiger partial charge in [0.15, 0.2) is 0 Å². The lowest BCUT2D eigenvalue weighted by molar-refractivity contribution is -0.137. The number of hydrazone groups is 1. The summed E-state index contributed by atoms with van der Waals surface area (Å²) >= 11 is 0. The van der Waals surface area contributed by atoms with Gasteiger partial charge in [-0.05, 0) is 62.1 Å². The molecular weight excluding hydrogens is 499 g/mol. The summed E-state index contributed by atoms with van der Waals surface area (Å²) in [6.45, 7) is 3.56. The predicted octanol–water partition coefficient (Wildman–Crippen LogP) is 5.66. The Balaban J connectivity index is 1.32. The number of hydrogen-bond donors (Lipinski definition) is 2. The molecule has 3 heterocycles. The second-order valence-electron chi connectivity index (χ2n) is 9.01. The number of benzene rings is 2. The zero-order valence-electron chi connectivity index (χ0n) is 20.4. The molecule has 0 aliphatic carbocycles. The smallest absolute Gasteiger partial charge is 0.416 e. The Kier molecular flexibility index (Phi) is 7.33. The number of rotatable bonds is 7. The third-order valence-electron chi connectivity index (χ3n) is 6.22. The van der Waals surface area contributed by atoms with Crippen molar-refractivity contribution in [2.45, 2.75) is 31.9 Å². The minimum absolute atomic E-state index is 0.0558. The van der Waals surface area contributed by atoms with Gasteiger partial charge in [-0.2, -0.15) is 43.5 Å². The lowest BCUT2D eigenvalue weighted by atomic mass is 10.2. The fourth-order valence-corrected chi connectivity index (χ4v) is 4.25. The first-order valence-corrected chi connectivity index (χ1v) is 12.3. The van der Waals surface area contributed by atoms with E-state index in [-0.39, 0.29) is 11.4 Å². The van der Waals surface area contributed by atoms with E-state index in [0.717, 1.165) is 64.0 Å². The highest BCUT2D eigenvalue weighted by atomic mass is 19.4. The van der Waals surface area contributed by atoms with E-state index in [1.807, 2.05) is 0 Å². The summed E-state index contributed by atoms with van der Waals surface area (Å²) in [7, 11) is 0. The SMILES string of the molecule is Oc1ccc(N=Nc2cccc(C(F)(F)F)c2)cc1/C=N\Nc1nc(N2CCCC2)nc(N2CCCC2)n1. The Morgan fingerprint density at radius 1 is 0.816 bits per heavy atom. The Hall–Kier alpha value is -4.29. The average molecular weight is 526 g/mol. The number of aromatic nitrogens is 3. The highest BCUT2D eigenvalue weighted by molar-refractivity contribution is 5.85. The van der Waals surface area contributed by atoms with Gasteiger partial charge in [0.1, 0.15) is 5.75 Å². The lowest BCUT2D eigenvalue weighted by Gasteiger charge is -2.20. The summed E-state index contributed by atoms with van der Waals surface area (Å²) in [5.41, 5.74) is 2.73. The molecule has 198 valence electrons. The number of azo groups is 1. The molecule has 2 saturated heterocycles. The number of hydrogen-bond acceptors (Lipinski definition) is 10. The van der Waals surface area contributed by atoms with Crippen molar-refractivity contribution in [3.05, 3.63) is 53.6 Å². The van der Waals surface area contributed by atoms with Gasteiger partial charge in [-0.15, -0.1) is 0 Å². The van der Waals surface area contributed by atoms with Gasteiger partial charge in [0.05, 0.1) is 23.2 Å². The van der Waals surface area contributed by atoms with Gasteiger partial charge < -0.3 is 14.9 Å². The molecule has 0 amide bonds. The van der Waals surface area contributed by atoms with E-state index in [4.69, 9.17) is 0 Å². The van der Waals surface area contributed by atoms with Crippen LogP contribution in [-0.4, -0.2) is 52.5 Å². The molecule has 10 nitrogen and oxygen atoms in total. The van der Waals surface area contributed by atoms with E-state index in [9.17, 15) is 18.3 Å². The van der Waals surface area contributed by atoms with Crippen molar-refractivity contribution in [3.63, 3.8) is 0 Å². The van der Waals surface area contributed by atoms with Crippen molar-refractivity contribution < 1.29 is 18.3 Å². The summed E-state index contributed by atoms with van der Waals surface area (Å²) in [6, 6.07) is 8.98. The molecule has 0 bridgehead atoms. The molecule has 0 unspecified atom stereocenters. The third kappa shape index (κ3) is 6.15. The number of anilines is 3. The van der Waals surface area contributed by atoms with Gasteiger partial charge in [-0.3, -0.25) is 0 Å². The summed E-state index contributed by atoms with van der Waals surface area (Å²) in [5.74, 6) is 1.45. The lowest BCUT2D eigenvalue weighted by Crippen LogP contribution is -2.25. The molecule has 2 aliphatic rings. The standard InChI is InChI=1S/C25H26F3N9O/c26-25(27,28)18-6-5-7-19(15-18)33-34-20-8-9-21(38)17(14-20)16-29-35-22-30-23(36-10-1-2-11-36)32-24(31-22)37-12-3-4-13-37/h5-9,14-16,38H,1-4,10-13H2,(H,30,31,32,35)/b29-16-,34-33?. The van der Waals surface area contributed by atoms with Crippen molar-refractivity contribution in [1.29, 1.82) is 0 Å². The largest absolute Gasteiger partial charge is 0.507 e. The van der Waals surface area contributed by atoms with Crippen LogP contribution in [0.1, 0.15) is 36.8 Å². The first-order valence-electron chi connectivity index (χ1n) is 12.3. The molecule has 3 aromatic rings.